The third-order valence-electron chi connectivity index (χ3n) is 3.13. The van der Waals surface area contributed by atoms with Crippen molar-refractivity contribution in [2.45, 2.75) is 18.8 Å². The van der Waals surface area contributed by atoms with Crippen LogP contribution in [0.2, 0.25) is 0 Å². The number of hydrogen-bond acceptors (Lipinski definition) is 6. The van der Waals surface area contributed by atoms with Gasteiger partial charge >= 0.3 is 0 Å². The molecular weight excluding hydrogens is 276 g/mol. The number of carbonyl (C=O) groups is 1. The van der Waals surface area contributed by atoms with Gasteiger partial charge in [-0.15, -0.1) is 0 Å². The summed E-state index contributed by atoms with van der Waals surface area (Å²) in [7, 11) is 3.03. The molecule has 2 heterocycles. The molecule has 0 bridgehead atoms. The molecule has 116 valence electrons. The largest absolute Gasteiger partial charge is 0.472 e. The Balaban J connectivity index is 1.84. The van der Waals surface area contributed by atoms with Crippen molar-refractivity contribution < 1.29 is 23.7 Å². The molecule has 0 saturated carbocycles. The van der Waals surface area contributed by atoms with E-state index < -0.39 is 6.29 Å². The van der Waals surface area contributed by atoms with Crippen LogP contribution in [0.5, 0.6) is 5.88 Å². The summed E-state index contributed by atoms with van der Waals surface area (Å²) >= 11 is 0. The lowest BCUT2D eigenvalue weighted by molar-refractivity contribution is -0.0974. The number of hydrogen-bond donors (Lipinski definition) is 1. The van der Waals surface area contributed by atoms with Crippen LogP contribution >= 0.6 is 0 Å². The first-order valence-electron chi connectivity index (χ1n) is 6.77. The third-order valence-corrected chi connectivity index (χ3v) is 3.13. The number of methoxy groups -OCH3 is 2. The SMILES string of the molecule is COC(CNC(=O)c1ccc(O[C@@H]2CCOC2)nc1)OC. The summed E-state index contributed by atoms with van der Waals surface area (Å²) in [6.07, 6.45) is 1.92. The summed E-state index contributed by atoms with van der Waals surface area (Å²) in [6.45, 7) is 1.56. The maximum atomic E-state index is 11.9. The number of aromatic nitrogens is 1. The molecular formula is C14H20N2O5. The Morgan fingerprint density at radius 1 is 1.48 bits per heavy atom. The fourth-order valence-corrected chi connectivity index (χ4v) is 1.90. The lowest BCUT2D eigenvalue weighted by Crippen LogP contribution is -2.34. The molecule has 7 nitrogen and oxygen atoms in total. The Bertz CT molecular complexity index is 441. The Morgan fingerprint density at radius 2 is 2.29 bits per heavy atom. The van der Waals surface area contributed by atoms with E-state index in [0.29, 0.717) is 24.7 Å². The molecule has 1 aliphatic rings. The summed E-state index contributed by atoms with van der Waals surface area (Å²) in [5.41, 5.74) is 0.455. The zero-order chi connectivity index (χ0) is 15.1. The number of amides is 1. The normalized spacial score (nSPS) is 18.0. The standard InChI is InChI=1S/C14H20N2O5/c1-18-13(19-2)8-16-14(17)10-3-4-12(15-7-10)21-11-5-6-20-9-11/h3-4,7,11,13H,5-6,8-9H2,1-2H3,(H,16,17)/t11-/m1/s1. The van der Waals surface area contributed by atoms with Gasteiger partial charge in [-0.3, -0.25) is 4.79 Å². The second kappa shape index (κ2) is 7.92. The number of nitrogens with zero attached hydrogens (tertiary/aromatic N) is 1. The number of nitrogens with one attached hydrogen (secondary N) is 1. The van der Waals surface area contributed by atoms with Crippen LogP contribution in [0.4, 0.5) is 0 Å². The average Bonchev–Trinajstić information content (AvgIpc) is 3.02. The molecule has 21 heavy (non-hydrogen) atoms. The van der Waals surface area contributed by atoms with Gasteiger partial charge in [0.25, 0.3) is 5.91 Å². The van der Waals surface area contributed by atoms with Gasteiger partial charge in [0.2, 0.25) is 5.88 Å². The second-order valence-corrected chi connectivity index (χ2v) is 4.60. The highest BCUT2D eigenvalue weighted by molar-refractivity contribution is 5.93. The van der Waals surface area contributed by atoms with Crippen LogP contribution in [-0.2, 0) is 14.2 Å². The van der Waals surface area contributed by atoms with Gasteiger partial charge in [0.15, 0.2) is 6.29 Å². The van der Waals surface area contributed by atoms with Crippen LogP contribution < -0.4 is 10.1 Å². The quantitative estimate of drug-likeness (QED) is 0.742. The van der Waals surface area contributed by atoms with Gasteiger partial charge in [0.05, 0.1) is 25.3 Å². The van der Waals surface area contributed by atoms with Crippen LogP contribution in [0.25, 0.3) is 0 Å². The summed E-state index contributed by atoms with van der Waals surface area (Å²) in [5.74, 6) is 0.256. The molecule has 1 aliphatic heterocycles. The summed E-state index contributed by atoms with van der Waals surface area (Å²) in [4.78, 5) is 16.0. The van der Waals surface area contributed by atoms with Crippen LogP contribution in [-0.4, -0.2) is 57.3 Å². The number of carbonyl (C=O) groups excluding carboxylic acids is 1. The van der Waals surface area contributed by atoms with Gasteiger partial charge in [-0.05, 0) is 6.07 Å². The summed E-state index contributed by atoms with van der Waals surface area (Å²) in [5, 5.41) is 2.70. The highest BCUT2D eigenvalue weighted by Gasteiger charge is 2.18. The first kappa shape index (κ1) is 15.7. The van der Waals surface area contributed by atoms with Crippen molar-refractivity contribution in [3.05, 3.63) is 23.9 Å². The van der Waals surface area contributed by atoms with Crippen LogP contribution in [0.3, 0.4) is 0 Å². The molecule has 1 amide bonds. The molecule has 2 rings (SSSR count). The molecule has 0 spiro atoms. The summed E-state index contributed by atoms with van der Waals surface area (Å²) < 4.78 is 20.9. The minimum atomic E-state index is -0.466. The van der Waals surface area contributed by atoms with E-state index in [4.69, 9.17) is 18.9 Å². The monoisotopic (exact) mass is 296 g/mol. The van der Waals surface area contributed by atoms with Crippen LogP contribution in [0.15, 0.2) is 18.3 Å². The van der Waals surface area contributed by atoms with E-state index in [1.807, 2.05) is 0 Å². The first-order valence-corrected chi connectivity index (χ1v) is 6.77. The maximum Gasteiger partial charge on any atom is 0.253 e. The Morgan fingerprint density at radius 3 is 2.86 bits per heavy atom. The predicted octanol–water partition coefficient (Wildman–Crippen LogP) is 0.598. The Hall–Kier alpha value is -1.70. The maximum absolute atomic E-state index is 11.9. The fourth-order valence-electron chi connectivity index (χ4n) is 1.90. The minimum Gasteiger partial charge on any atom is -0.472 e. The molecule has 1 saturated heterocycles. The van der Waals surface area contributed by atoms with Gasteiger partial charge in [-0.25, -0.2) is 4.98 Å². The molecule has 0 aromatic carbocycles. The van der Waals surface area contributed by atoms with Gasteiger partial charge in [-0.1, -0.05) is 0 Å². The lowest BCUT2D eigenvalue weighted by Gasteiger charge is -2.14. The molecule has 1 aromatic rings. The van der Waals surface area contributed by atoms with Crippen molar-refractivity contribution in [3.8, 4) is 5.88 Å². The Labute approximate surface area is 123 Å². The highest BCUT2D eigenvalue weighted by atomic mass is 16.7. The van der Waals surface area contributed by atoms with Gasteiger partial charge in [0, 0.05) is 32.9 Å². The van der Waals surface area contributed by atoms with E-state index in [1.54, 1.807) is 12.1 Å². The molecule has 1 fully saturated rings. The molecule has 7 heteroatoms. The predicted molar refractivity (Wildman–Crippen MR) is 74.2 cm³/mol. The van der Waals surface area contributed by atoms with E-state index in [0.717, 1.165) is 6.42 Å². The minimum absolute atomic E-state index is 0.0429. The van der Waals surface area contributed by atoms with E-state index in [1.165, 1.54) is 20.4 Å². The molecule has 1 N–H and O–H groups in total. The second-order valence-electron chi connectivity index (χ2n) is 4.60. The van der Waals surface area contributed by atoms with Crippen molar-refractivity contribution in [1.82, 2.24) is 10.3 Å². The van der Waals surface area contributed by atoms with E-state index >= 15 is 0 Å². The van der Waals surface area contributed by atoms with E-state index in [-0.39, 0.29) is 18.6 Å². The third kappa shape index (κ3) is 4.66. The topological polar surface area (TPSA) is 78.9 Å². The van der Waals surface area contributed by atoms with Crippen molar-refractivity contribution in [2.75, 3.05) is 34.0 Å². The average molecular weight is 296 g/mol. The molecule has 0 aliphatic carbocycles. The fraction of sp³-hybridized carbons (Fsp3) is 0.571. The van der Waals surface area contributed by atoms with Crippen molar-refractivity contribution in [3.63, 3.8) is 0 Å². The number of rotatable bonds is 7. The van der Waals surface area contributed by atoms with Crippen molar-refractivity contribution in [1.29, 1.82) is 0 Å². The number of ether oxygens (including phenoxy) is 4. The van der Waals surface area contributed by atoms with Crippen LogP contribution in [0, 0.1) is 0 Å². The van der Waals surface area contributed by atoms with E-state index in [9.17, 15) is 4.79 Å². The zero-order valence-corrected chi connectivity index (χ0v) is 12.2. The molecule has 0 unspecified atom stereocenters. The molecule has 0 radical (unpaired) electrons. The zero-order valence-electron chi connectivity index (χ0n) is 12.2. The van der Waals surface area contributed by atoms with Gasteiger partial charge < -0.3 is 24.3 Å². The Kier molecular flexibility index (Phi) is 5.91. The van der Waals surface area contributed by atoms with Crippen molar-refractivity contribution in [2.24, 2.45) is 0 Å². The number of pyridine rings is 1. The van der Waals surface area contributed by atoms with Crippen molar-refractivity contribution >= 4 is 5.91 Å². The van der Waals surface area contributed by atoms with Gasteiger partial charge in [0.1, 0.15) is 6.10 Å². The smallest absolute Gasteiger partial charge is 0.253 e. The molecule has 1 aromatic heterocycles. The summed E-state index contributed by atoms with van der Waals surface area (Å²) in [6, 6.07) is 3.35. The molecule has 1 atom stereocenters. The first-order chi connectivity index (χ1) is 10.2. The van der Waals surface area contributed by atoms with Crippen LogP contribution in [0.1, 0.15) is 16.8 Å². The lowest BCUT2D eigenvalue weighted by atomic mass is 10.2. The van der Waals surface area contributed by atoms with E-state index in [2.05, 4.69) is 10.3 Å². The highest BCUT2D eigenvalue weighted by Crippen LogP contribution is 2.14. The van der Waals surface area contributed by atoms with Gasteiger partial charge in [-0.2, -0.15) is 0 Å².